The number of phenols is 3. The van der Waals surface area contributed by atoms with Crippen molar-refractivity contribution in [2.45, 2.75) is 0 Å². The van der Waals surface area contributed by atoms with Gasteiger partial charge >= 0.3 is 0 Å². The second kappa shape index (κ2) is 13.4. The van der Waals surface area contributed by atoms with E-state index in [0.717, 1.165) is 49.2 Å². The van der Waals surface area contributed by atoms with Gasteiger partial charge in [-0.2, -0.15) is 0 Å². The number of hydrogen-bond acceptors (Lipinski definition) is 3. The summed E-state index contributed by atoms with van der Waals surface area (Å²) in [6, 6.07) is 27.4. The average molecular weight is 717 g/mol. The third-order valence-electron chi connectivity index (χ3n) is 11.2. The topological polar surface area (TPSA) is 70.5 Å². The maximum absolute atomic E-state index is 11.2. The van der Waals surface area contributed by atoms with Crippen molar-refractivity contribution in [3.8, 4) is 50.9 Å². The minimum atomic E-state index is -0.471. The first-order valence-electron chi connectivity index (χ1n) is 17.8. The van der Waals surface area contributed by atoms with Crippen LogP contribution in [0.25, 0.3) is 77.2 Å². The van der Waals surface area contributed by atoms with E-state index in [1.165, 1.54) is 0 Å². The quantitative estimate of drug-likeness (QED) is 0.135. The highest BCUT2D eigenvalue weighted by Crippen LogP contribution is 2.39. The minimum absolute atomic E-state index is 0.0191. The summed E-state index contributed by atoms with van der Waals surface area (Å²) < 4.78 is 3.66. The molecule has 2 aromatic heterocycles. The summed E-state index contributed by atoms with van der Waals surface area (Å²) in [7, 11) is 70.2. The van der Waals surface area contributed by atoms with Crippen LogP contribution >= 0.6 is 0 Å². The van der Waals surface area contributed by atoms with Crippen molar-refractivity contribution < 1.29 is 15.3 Å². The molecule has 9 aromatic rings. The Morgan fingerprint density at radius 1 is 0.310 bits per heavy atom. The molecule has 5 nitrogen and oxygen atoms in total. The number of fused-ring (bicyclic) bond motifs is 6. The van der Waals surface area contributed by atoms with Crippen LogP contribution in [0.15, 0.2) is 84.9 Å². The molecule has 0 saturated heterocycles. The standard InChI is InChI=1S/C42H17B11N2O3/c43-27-26(30(46)40(56)34(50)31(27)47)25-28(44)32(48)38(33(49)29(25)45)54-21-7-3-1-5-17(21)19-13-15(9-11-23(19)54)16-10-12-24-20(14-16)18-6-2-4-8-22(18)55(24)39-37(53)41(57)35(51)36(52)42(39)58/h1-14,56-58H. The molecule has 0 bridgehead atoms. The molecule has 0 fully saturated rings. The second-order valence-electron chi connectivity index (χ2n) is 14.2. The van der Waals surface area contributed by atoms with Crippen molar-refractivity contribution in [1.29, 1.82) is 0 Å². The molecule has 0 amide bonds. The summed E-state index contributed by atoms with van der Waals surface area (Å²) in [6.07, 6.45) is 0. The summed E-state index contributed by atoms with van der Waals surface area (Å²) in [4.78, 5) is 0. The third kappa shape index (κ3) is 5.12. The molecule has 7 aromatic carbocycles. The van der Waals surface area contributed by atoms with Gasteiger partial charge in [0, 0.05) is 27.2 Å². The van der Waals surface area contributed by atoms with Crippen molar-refractivity contribution in [2.75, 3.05) is 0 Å². The molecule has 0 aliphatic carbocycles. The van der Waals surface area contributed by atoms with E-state index >= 15 is 0 Å². The predicted molar refractivity (Wildman–Crippen MR) is 250 cm³/mol. The van der Waals surface area contributed by atoms with E-state index in [4.69, 9.17) is 86.3 Å². The summed E-state index contributed by atoms with van der Waals surface area (Å²) in [5.74, 6) is -1.23. The Morgan fingerprint density at radius 2 is 0.690 bits per heavy atom. The highest BCUT2D eigenvalue weighted by Gasteiger charge is 2.25. The molecule has 22 radical (unpaired) electrons. The predicted octanol–water partition coefficient (Wildman–Crippen LogP) is -2.94. The summed E-state index contributed by atoms with van der Waals surface area (Å²) in [5.41, 5.74) is 4.61. The molecular weight excluding hydrogens is 699 g/mol. The maximum atomic E-state index is 11.2. The van der Waals surface area contributed by atoms with Crippen LogP contribution in [-0.2, 0) is 0 Å². The monoisotopic (exact) mass is 718 g/mol. The molecule has 58 heavy (non-hydrogen) atoms. The molecular formula is C42H17B11N2O3. The molecule has 9 rings (SSSR count). The summed E-state index contributed by atoms with van der Waals surface area (Å²) in [5, 5.41) is 36.1. The molecule has 0 aliphatic heterocycles. The van der Waals surface area contributed by atoms with E-state index in [0.29, 0.717) is 11.2 Å². The van der Waals surface area contributed by atoms with Crippen molar-refractivity contribution in [3.05, 3.63) is 84.9 Å². The van der Waals surface area contributed by atoms with Crippen molar-refractivity contribution in [3.63, 3.8) is 0 Å². The van der Waals surface area contributed by atoms with Gasteiger partial charge in [-0.15, -0.1) is 5.46 Å². The van der Waals surface area contributed by atoms with Gasteiger partial charge < -0.3 is 24.5 Å². The third-order valence-corrected chi connectivity index (χ3v) is 11.2. The van der Waals surface area contributed by atoms with E-state index in [-0.39, 0.29) is 82.7 Å². The lowest BCUT2D eigenvalue weighted by molar-refractivity contribution is 0.469. The van der Waals surface area contributed by atoms with E-state index in [2.05, 4.69) is 12.1 Å². The molecule has 16 heteroatoms. The Hall–Kier alpha value is -5.75. The van der Waals surface area contributed by atoms with Crippen LogP contribution in [0.2, 0.25) is 0 Å². The second-order valence-corrected chi connectivity index (χ2v) is 14.2. The van der Waals surface area contributed by atoms with E-state index in [1.807, 2.05) is 77.4 Å². The number of para-hydroxylation sites is 2. The summed E-state index contributed by atoms with van der Waals surface area (Å²) >= 11 is 0. The van der Waals surface area contributed by atoms with Crippen molar-refractivity contribution in [1.82, 2.24) is 9.13 Å². The molecule has 0 unspecified atom stereocenters. The number of aromatic hydroxyl groups is 3. The van der Waals surface area contributed by atoms with Crippen LogP contribution in [-0.4, -0.2) is 111 Å². The Kier molecular flexibility index (Phi) is 8.74. The van der Waals surface area contributed by atoms with Gasteiger partial charge in [-0.1, -0.05) is 92.2 Å². The zero-order chi connectivity index (χ0) is 41.2. The first kappa shape index (κ1) is 37.8. The van der Waals surface area contributed by atoms with Crippen molar-refractivity contribution in [2.24, 2.45) is 0 Å². The fraction of sp³-hybridized carbons (Fsp3) is 0. The molecule has 0 saturated carbocycles. The number of phenolic OH excluding ortho intramolecular Hbond substituents is 3. The Bertz CT molecular complexity index is 3220. The molecule has 0 atom stereocenters. The van der Waals surface area contributed by atoms with Gasteiger partial charge in [-0.05, 0) is 69.6 Å². The van der Waals surface area contributed by atoms with Gasteiger partial charge in [-0.3, -0.25) is 0 Å². The Balaban J connectivity index is 1.25. The number of benzene rings is 7. The van der Waals surface area contributed by atoms with Crippen LogP contribution < -0.4 is 60.1 Å². The van der Waals surface area contributed by atoms with Crippen LogP contribution in [0.4, 0.5) is 0 Å². The highest BCUT2D eigenvalue weighted by molar-refractivity contribution is 6.66. The summed E-state index contributed by atoms with van der Waals surface area (Å²) in [6.45, 7) is 0. The smallest absolute Gasteiger partial charge is 0.131 e. The fourth-order valence-electron chi connectivity index (χ4n) is 8.19. The molecule has 3 N–H and O–H groups in total. The number of hydrogen-bond donors (Lipinski definition) is 3. The number of rotatable bonds is 4. The molecule has 246 valence electrons. The normalized spacial score (nSPS) is 11.7. The van der Waals surface area contributed by atoms with E-state index in [9.17, 15) is 15.3 Å². The molecule has 2 heterocycles. The lowest BCUT2D eigenvalue weighted by Gasteiger charge is -2.28. The van der Waals surface area contributed by atoms with Crippen LogP contribution in [0.1, 0.15) is 0 Å². The average Bonchev–Trinajstić information content (AvgIpc) is 3.73. The number of nitrogens with zero attached hydrogens (tertiary/aromatic N) is 2. The van der Waals surface area contributed by atoms with Crippen LogP contribution in [0.5, 0.6) is 17.2 Å². The Labute approximate surface area is 348 Å². The van der Waals surface area contributed by atoms with Crippen molar-refractivity contribution >= 4 is 190 Å². The lowest BCUT2D eigenvalue weighted by atomic mass is 9.59. The lowest BCUT2D eigenvalue weighted by Crippen LogP contribution is -2.50. The van der Waals surface area contributed by atoms with Gasteiger partial charge in [-0.25, -0.2) is 0 Å². The largest absolute Gasteiger partial charge is 0.509 e. The van der Waals surface area contributed by atoms with Gasteiger partial charge in [0.1, 0.15) is 104 Å². The number of aromatic nitrogens is 2. The molecule has 0 spiro atoms. The first-order chi connectivity index (χ1) is 27.6. The van der Waals surface area contributed by atoms with Crippen LogP contribution in [0, 0.1) is 0 Å². The zero-order valence-corrected chi connectivity index (χ0v) is 30.7. The van der Waals surface area contributed by atoms with Gasteiger partial charge in [0.15, 0.2) is 0 Å². The highest BCUT2D eigenvalue weighted by atomic mass is 16.3. The first-order valence-corrected chi connectivity index (χ1v) is 17.8. The fourth-order valence-corrected chi connectivity index (χ4v) is 8.19. The van der Waals surface area contributed by atoms with Crippen LogP contribution in [0.3, 0.4) is 0 Å². The zero-order valence-electron chi connectivity index (χ0n) is 30.7. The molecule has 0 aliphatic rings. The van der Waals surface area contributed by atoms with Gasteiger partial charge in [0.05, 0.1) is 27.8 Å². The van der Waals surface area contributed by atoms with Gasteiger partial charge in [0.25, 0.3) is 0 Å². The maximum Gasteiger partial charge on any atom is 0.131 e. The van der Waals surface area contributed by atoms with Gasteiger partial charge in [0.2, 0.25) is 0 Å². The van der Waals surface area contributed by atoms with E-state index in [1.54, 1.807) is 4.57 Å². The van der Waals surface area contributed by atoms with E-state index < -0.39 is 11.5 Å². The SMILES string of the molecule is [B]c1c([B])c(O)c([B])c(-c2c([B])c([B])c(-n3c4ccccc4c4cc(-c5ccc6c(c5)c5ccccc5n6-c5c([B])c(O)c([B])c([B])c5O)ccc43)c([B])c2[B])c1[B]. The minimum Gasteiger partial charge on any atom is -0.509 e. The Morgan fingerprint density at radius 3 is 1.21 bits per heavy atom.